The normalized spacial score (nSPS) is 20.7. The Morgan fingerprint density at radius 3 is 2.62 bits per heavy atom. The summed E-state index contributed by atoms with van der Waals surface area (Å²) < 4.78 is 17.3. The molecule has 0 bridgehead atoms. The van der Waals surface area contributed by atoms with Gasteiger partial charge in [-0.1, -0.05) is 37.6 Å². The summed E-state index contributed by atoms with van der Waals surface area (Å²) in [4.78, 5) is 28.8. The number of aryl methyl sites for hydroxylation is 1. The summed E-state index contributed by atoms with van der Waals surface area (Å²) >= 11 is 0. The highest BCUT2D eigenvalue weighted by Gasteiger charge is 2.41. The second-order valence-electron chi connectivity index (χ2n) is 11.0. The highest BCUT2D eigenvalue weighted by Crippen LogP contribution is 2.38. The molecule has 1 spiro atoms. The van der Waals surface area contributed by atoms with Crippen LogP contribution in [0.3, 0.4) is 0 Å². The van der Waals surface area contributed by atoms with Crippen LogP contribution in [0, 0.1) is 5.41 Å². The van der Waals surface area contributed by atoms with Crippen molar-refractivity contribution in [1.82, 2.24) is 15.5 Å². The van der Waals surface area contributed by atoms with Gasteiger partial charge in [-0.05, 0) is 87.9 Å². The molecule has 2 aliphatic rings. The Bertz CT molecular complexity index is 1130. The van der Waals surface area contributed by atoms with Gasteiger partial charge >= 0.3 is 0 Å². The minimum absolute atomic E-state index is 0.000386. The van der Waals surface area contributed by atoms with Crippen LogP contribution in [0.5, 0.6) is 17.2 Å². The Morgan fingerprint density at radius 1 is 1.05 bits per heavy atom. The van der Waals surface area contributed by atoms with E-state index < -0.39 is 11.5 Å². The molecule has 0 saturated carbocycles. The Balaban J connectivity index is 1.43. The van der Waals surface area contributed by atoms with Gasteiger partial charge in [0.2, 0.25) is 11.8 Å². The number of carbonyl (C=O) groups is 2. The fraction of sp³-hybridized carbons (Fsp3) is 0.562. The number of nitrogens with one attached hydrogen (secondary N) is 2. The van der Waals surface area contributed by atoms with Gasteiger partial charge in [-0.3, -0.25) is 14.5 Å². The van der Waals surface area contributed by atoms with Crippen LogP contribution in [0.25, 0.3) is 0 Å². The van der Waals surface area contributed by atoms with Gasteiger partial charge in [-0.25, -0.2) is 0 Å². The third-order valence-electron chi connectivity index (χ3n) is 8.11. The van der Waals surface area contributed by atoms with Crippen molar-refractivity contribution in [3.05, 3.63) is 53.6 Å². The number of likely N-dealkylation sites (tertiary alicyclic amines) is 1. The Morgan fingerprint density at radius 2 is 1.85 bits per heavy atom. The number of fused-ring (bicyclic) bond motifs is 1. The van der Waals surface area contributed by atoms with Gasteiger partial charge in [-0.15, -0.1) is 0 Å². The lowest BCUT2D eigenvalue weighted by Gasteiger charge is -2.41. The molecule has 2 aromatic carbocycles. The monoisotopic (exact) mass is 551 g/mol. The zero-order valence-electron chi connectivity index (χ0n) is 24.3. The minimum atomic E-state index is -0.597. The predicted octanol–water partition coefficient (Wildman–Crippen LogP) is 4.49. The second kappa shape index (κ2) is 14.4. The number of piperidine rings is 1. The van der Waals surface area contributed by atoms with E-state index in [1.807, 2.05) is 30.3 Å². The topological polar surface area (TPSA) is 89.1 Å². The molecule has 2 aliphatic heterocycles. The third kappa shape index (κ3) is 7.68. The van der Waals surface area contributed by atoms with E-state index >= 15 is 0 Å². The van der Waals surface area contributed by atoms with Crippen molar-refractivity contribution in [2.24, 2.45) is 5.41 Å². The smallest absolute Gasteiger partial charge is 0.242 e. The second-order valence-corrected chi connectivity index (χ2v) is 11.0. The molecule has 0 aliphatic carbocycles. The maximum atomic E-state index is 13.7. The molecule has 8 heteroatoms. The minimum Gasteiger partial charge on any atom is -0.493 e. The average Bonchev–Trinajstić information content (AvgIpc) is 2.97. The Kier molecular flexibility index (Phi) is 10.7. The van der Waals surface area contributed by atoms with Crippen molar-refractivity contribution in [3.8, 4) is 17.2 Å². The lowest BCUT2D eigenvalue weighted by atomic mass is 9.73. The molecule has 0 unspecified atom stereocenters. The van der Waals surface area contributed by atoms with Gasteiger partial charge in [-0.2, -0.15) is 0 Å². The Hall–Kier alpha value is -3.26. The maximum Gasteiger partial charge on any atom is 0.242 e. The first-order chi connectivity index (χ1) is 19.4. The molecular formula is C32H45N3O5. The van der Waals surface area contributed by atoms with Crippen LogP contribution in [0.4, 0.5) is 0 Å². The molecular weight excluding hydrogens is 506 g/mol. The predicted molar refractivity (Wildman–Crippen MR) is 156 cm³/mol. The number of benzene rings is 2. The van der Waals surface area contributed by atoms with Gasteiger partial charge in [0.1, 0.15) is 18.4 Å². The van der Waals surface area contributed by atoms with Crippen LogP contribution < -0.4 is 24.8 Å². The van der Waals surface area contributed by atoms with Crippen LogP contribution >= 0.6 is 0 Å². The SMILES string of the molecule is CCCOc1ccc(CN2CCC3(CCCCc4ccccc4OCCNC(=O)[C@H](C)NC3=O)CC2)cc1OC. The van der Waals surface area contributed by atoms with Crippen LogP contribution in [0.1, 0.15) is 63.5 Å². The van der Waals surface area contributed by atoms with Gasteiger partial charge in [0, 0.05) is 6.54 Å². The standard InChI is InChI=1S/C32H45N3O5/c1-4-20-39-28-13-12-25(22-29(28)38-3)23-35-18-15-32(16-19-35)14-8-7-10-26-9-5-6-11-27(26)40-21-17-33-30(36)24(2)34-31(32)37/h5-6,9,11-13,22,24H,4,7-8,10,14-21,23H2,1-3H3,(H,33,36)(H,34,37)/t24-/m0/s1. The van der Waals surface area contributed by atoms with Crippen LogP contribution in [-0.2, 0) is 22.6 Å². The maximum absolute atomic E-state index is 13.7. The number of carbonyl (C=O) groups excluding carboxylic acids is 2. The molecule has 218 valence electrons. The van der Waals surface area contributed by atoms with Crippen molar-refractivity contribution in [2.75, 3.05) is 40.0 Å². The number of hydrogen-bond donors (Lipinski definition) is 2. The third-order valence-corrected chi connectivity index (χ3v) is 8.11. The molecule has 1 atom stereocenters. The Labute approximate surface area is 238 Å². The van der Waals surface area contributed by atoms with E-state index in [0.29, 0.717) is 19.8 Å². The molecule has 0 radical (unpaired) electrons. The number of rotatable bonds is 6. The molecule has 0 aromatic heterocycles. The quantitative estimate of drug-likeness (QED) is 0.550. The summed E-state index contributed by atoms with van der Waals surface area (Å²) in [5.74, 6) is 2.21. The highest BCUT2D eigenvalue weighted by atomic mass is 16.5. The summed E-state index contributed by atoms with van der Waals surface area (Å²) in [6.45, 7) is 7.71. The van der Waals surface area contributed by atoms with E-state index in [1.165, 1.54) is 5.56 Å². The van der Waals surface area contributed by atoms with E-state index in [-0.39, 0.29) is 11.8 Å². The number of amides is 2. The molecule has 1 saturated heterocycles. The van der Waals surface area contributed by atoms with Crippen molar-refractivity contribution in [2.45, 2.75) is 71.4 Å². The lowest BCUT2D eigenvalue weighted by molar-refractivity contribution is -0.138. The highest BCUT2D eigenvalue weighted by molar-refractivity contribution is 5.90. The summed E-state index contributed by atoms with van der Waals surface area (Å²) in [6, 6.07) is 13.6. The summed E-state index contributed by atoms with van der Waals surface area (Å²) in [5.41, 5.74) is 1.86. The summed E-state index contributed by atoms with van der Waals surface area (Å²) in [5, 5.41) is 5.94. The van der Waals surface area contributed by atoms with E-state index in [1.54, 1.807) is 14.0 Å². The molecule has 40 heavy (non-hydrogen) atoms. The largest absolute Gasteiger partial charge is 0.493 e. The van der Waals surface area contributed by atoms with Crippen molar-refractivity contribution < 1.29 is 23.8 Å². The van der Waals surface area contributed by atoms with Gasteiger partial charge in [0.05, 0.1) is 25.7 Å². The van der Waals surface area contributed by atoms with Gasteiger partial charge in [0.25, 0.3) is 0 Å². The molecule has 4 rings (SSSR count). The van der Waals surface area contributed by atoms with Crippen molar-refractivity contribution >= 4 is 11.8 Å². The van der Waals surface area contributed by atoms with E-state index in [2.05, 4.69) is 34.6 Å². The average molecular weight is 552 g/mol. The van der Waals surface area contributed by atoms with Crippen molar-refractivity contribution in [1.29, 1.82) is 0 Å². The fourth-order valence-corrected chi connectivity index (χ4v) is 5.66. The zero-order chi connectivity index (χ0) is 28.4. The molecule has 2 aromatic rings. The summed E-state index contributed by atoms with van der Waals surface area (Å²) in [6.07, 6.45) is 6.11. The first kappa shape index (κ1) is 29.7. The van der Waals surface area contributed by atoms with E-state index in [9.17, 15) is 9.59 Å². The molecule has 2 heterocycles. The molecule has 2 amide bonds. The number of methoxy groups -OCH3 is 1. The fourth-order valence-electron chi connectivity index (χ4n) is 5.66. The first-order valence-corrected chi connectivity index (χ1v) is 14.8. The number of ether oxygens (including phenoxy) is 3. The summed E-state index contributed by atoms with van der Waals surface area (Å²) in [7, 11) is 1.67. The van der Waals surface area contributed by atoms with E-state index in [0.717, 1.165) is 87.4 Å². The van der Waals surface area contributed by atoms with E-state index in [4.69, 9.17) is 14.2 Å². The van der Waals surface area contributed by atoms with Crippen LogP contribution in [0.2, 0.25) is 0 Å². The van der Waals surface area contributed by atoms with Crippen molar-refractivity contribution in [3.63, 3.8) is 0 Å². The lowest BCUT2D eigenvalue weighted by Crippen LogP contribution is -2.53. The number of para-hydroxylation sites is 1. The van der Waals surface area contributed by atoms with Crippen LogP contribution in [-0.4, -0.2) is 62.7 Å². The first-order valence-electron chi connectivity index (χ1n) is 14.8. The molecule has 2 N–H and O–H groups in total. The zero-order valence-corrected chi connectivity index (χ0v) is 24.3. The van der Waals surface area contributed by atoms with Gasteiger partial charge in [0.15, 0.2) is 11.5 Å². The molecule has 8 nitrogen and oxygen atoms in total. The number of nitrogens with zero attached hydrogens (tertiary/aromatic N) is 1. The molecule has 1 fully saturated rings. The van der Waals surface area contributed by atoms with Crippen LogP contribution in [0.15, 0.2) is 42.5 Å². The number of hydrogen-bond acceptors (Lipinski definition) is 6. The van der Waals surface area contributed by atoms with Gasteiger partial charge < -0.3 is 24.8 Å².